The molecule has 1 spiro atoms. The monoisotopic (exact) mass is 594 g/mol. The molecular formula is C33H46N4O6. The lowest BCUT2D eigenvalue weighted by Crippen LogP contribution is -2.60. The summed E-state index contributed by atoms with van der Waals surface area (Å²) in [6, 6.07) is 8.01. The van der Waals surface area contributed by atoms with Crippen LogP contribution in [0, 0.1) is 11.8 Å². The lowest BCUT2D eigenvalue weighted by Gasteiger charge is -2.40. The Balaban J connectivity index is 1.53. The third-order valence-corrected chi connectivity index (χ3v) is 9.86. The van der Waals surface area contributed by atoms with Gasteiger partial charge in [0.05, 0.1) is 43.3 Å². The summed E-state index contributed by atoms with van der Waals surface area (Å²) in [5.74, 6) is -2.28. The molecule has 0 aliphatic carbocycles. The van der Waals surface area contributed by atoms with Crippen molar-refractivity contribution in [1.82, 2.24) is 19.6 Å². The van der Waals surface area contributed by atoms with E-state index in [4.69, 9.17) is 9.47 Å². The SMILES string of the molecule is C=CCN(C)C(=O)[C@@H]1[C@H]2C(=O)N([C@@H](CO)Cc3ccccc3)C(C(=O)N(CC=C)CCN3CCOCC3)C23CC[C@@]1(C)O3. The van der Waals surface area contributed by atoms with E-state index in [-0.39, 0.29) is 24.3 Å². The van der Waals surface area contributed by atoms with Gasteiger partial charge in [0.25, 0.3) is 0 Å². The maximum Gasteiger partial charge on any atom is 0.248 e. The zero-order chi connectivity index (χ0) is 30.8. The van der Waals surface area contributed by atoms with Crippen LogP contribution in [0.4, 0.5) is 0 Å². The van der Waals surface area contributed by atoms with Crippen LogP contribution in [0.25, 0.3) is 0 Å². The van der Waals surface area contributed by atoms with Gasteiger partial charge >= 0.3 is 0 Å². The number of aliphatic hydroxyl groups excluding tert-OH is 1. The number of amides is 3. The quantitative estimate of drug-likeness (QED) is 0.344. The molecule has 2 bridgehead atoms. The summed E-state index contributed by atoms with van der Waals surface area (Å²) in [6.07, 6.45) is 4.77. The summed E-state index contributed by atoms with van der Waals surface area (Å²) in [5.41, 5.74) is -1.09. The Morgan fingerprint density at radius 2 is 1.81 bits per heavy atom. The molecule has 5 rings (SSSR count). The second-order valence-corrected chi connectivity index (χ2v) is 12.5. The molecule has 4 saturated heterocycles. The number of hydrogen-bond donors (Lipinski definition) is 1. The van der Waals surface area contributed by atoms with Crippen molar-refractivity contribution >= 4 is 17.7 Å². The summed E-state index contributed by atoms with van der Waals surface area (Å²) in [7, 11) is 1.70. The number of likely N-dealkylation sites (N-methyl/N-ethyl adjacent to an activating group) is 1. The average Bonchev–Trinajstić information content (AvgIpc) is 3.59. The van der Waals surface area contributed by atoms with Gasteiger partial charge in [0.15, 0.2) is 0 Å². The zero-order valence-corrected chi connectivity index (χ0v) is 25.5. The molecule has 4 heterocycles. The number of nitrogens with zero attached hydrogens (tertiary/aromatic N) is 4. The van der Waals surface area contributed by atoms with Crippen LogP contribution in [0.1, 0.15) is 25.3 Å². The van der Waals surface area contributed by atoms with Crippen LogP contribution in [0.15, 0.2) is 55.6 Å². The van der Waals surface area contributed by atoms with Gasteiger partial charge in [-0.3, -0.25) is 19.3 Å². The van der Waals surface area contributed by atoms with E-state index in [0.717, 1.165) is 18.7 Å². The van der Waals surface area contributed by atoms with E-state index >= 15 is 0 Å². The van der Waals surface area contributed by atoms with Crippen LogP contribution in [0.2, 0.25) is 0 Å². The van der Waals surface area contributed by atoms with Gasteiger partial charge in [0.1, 0.15) is 11.6 Å². The van der Waals surface area contributed by atoms with Crippen LogP contribution >= 0.6 is 0 Å². The number of hydrogen-bond acceptors (Lipinski definition) is 7. The Bertz CT molecular complexity index is 1210. The zero-order valence-electron chi connectivity index (χ0n) is 25.5. The molecule has 6 atom stereocenters. The summed E-state index contributed by atoms with van der Waals surface area (Å²) >= 11 is 0. The van der Waals surface area contributed by atoms with Crippen molar-refractivity contribution < 1.29 is 29.0 Å². The Hall–Kier alpha value is -3.05. The minimum Gasteiger partial charge on any atom is -0.394 e. The fourth-order valence-corrected chi connectivity index (χ4v) is 7.78. The molecule has 1 aromatic rings. The van der Waals surface area contributed by atoms with Gasteiger partial charge in [-0.15, -0.1) is 13.2 Å². The molecule has 3 amide bonds. The highest BCUT2D eigenvalue weighted by molar-refractivity contribution is 5.99. The molecule has 2 unspecified atom stereocenters. The lowest BCUT2D eigenvalue weighted by molar-refractivity contribution is -0.156. The van der Waals surface area contributed by atoms with Gasteiger partial charge < -0.3 is 29.3 Å². The Kier molecular flexibility index (Phi) is 9.41. The number of fused-ring (bicyclic) bond motifs is 1. The maximum atomic E-state index is 14.8. The van der Waals surface area contributed by atoms with Gasteiger partial charge in [-0.25, -0.2) is 0 Å². The third-order valence-electron chi connectivity index (χ3n) is 9.86. The minimum atomic E-state index is -1.17. The fourth-order valence-electron chi connectivity index (χ4n) is 7.78. The standard InChI is InChI=1S/C33H46N4O6/c1-5-14-34(4)29(39)26-27-30(40)37(25(23-38)22-24-10-8-7-9-11-24)28(33(27)13-12-32(26,3)43-33)31(41)36(15-6-2)17-16-35-18-20-42-21-19-35/h5-11,25-28,38H,1-2,12-23H2,3-4H3/t25-,26+,27+,28?,32-,33?/m1/s1. The molecule has 4 fully saturated rings. The number of carbonyl (C=O) groups excluding carboxylic acids is 3. The lowest BCUT2D eigenvalue weighted by atomic mass is 9.66. The van der Waals surface area contributed by atoms with Gasteiger partial charge in [0.2, 0.25) is 17.7 Å². The van der Waals surface area contributed by atoms with Gasteiger partial charge in [-0.1, -0.05) is 42.5 Å². The highest BCUT2D eigenvalue weighted by Gasteiger charge is 2.78. The second kappa shape index (κ2) is 12.9. The Labute approximate surface area is 254 Å². The largest absolute Gasteiger partial charge is 0.394 e. The molecule has 10 heteroatoms. The van der Waals surface area contributed by atoms with E-state index in [1.165, 1.54) is 0 Å². The van der Waals surface area contributed by atoms with Crippen molar-refractivity contribution in [3.8, 4) is 0 Å². The molecular weight excluding hydrogens is 548 g/mol. The summed E-state index contributed by atoms with van der Waals surface area (Å²) in [4.78, 5) is 50.4. The van der Waals surface area contributed by atoms with E-state index in [0.29, 0.717) is 58.7 Å². The Morgan fingerprint density at radius 3 is 2.47 bits per heavy atom. The first-order valence-corrected chi connectivity index (χ1v) is 15.4. The van der Waals surface area contributed by atoms with Crippen molar-refractivity contribution in [2.75, 3.05) is 66.1 Å². The van der Waals surface area contributed by atoms with E-state index in [1.807, 2.05) is 37.3 Å². The second-order valence-electron chi connectivity index (χ2n) is 12.5. The van der Waals surface area contributed by atoms with Gasteiger partial charge in [-0.2, -0.15) is 0 Å². The van der Waals surface area contributed by atoms with E-state index < -0.39 is 35.1 Å². The molecule has 234 valence electrons. The summed E-state index contributed by atoms with van der Waals surface area (Å²) in [6.45, 7) is 13.9. The average molecular weight is 595 g/mol. The Morgan fingerprint density at radius 1 is 1.12 bits per heavy atom. The fraction of sp³-hybridized carbons (Fsp3) is 0.606. The number of likely N-dealkylation sites (tertiary alicyclic amines) is 1. The predicted octanol–water partition coefficient (Wildman–Crippen LogP) is 1.35. The first kappa shape index (κ1) is 31.4. The van der Waals surface area contributed by atoms with Crippen LogP contribution in [-0.4, -0.2) is 132 Å². The number of aliphatic hydroxyl groups is 1. The third kappa shape index (κ3) is 5.66. The number of carbonyl (C=O) groups is 3. The topological polar surface area (TPSA) is 103 Å². The normalized spacial score (nSPS) is 30.6. The van der Waals surface area contributed by atoms with Crippen LogP contribution in [0.3, 0.4) is 0 Å². The number of morpholine rings is 1. The van der Waals surface area contributed by atoms with Crippen molar-refractivity contribution in [3.63, 3.8) is 0 Å². The van der Waals surface area contributed by atoms with E-state index in [9.17, 15) is 19.5 Å². The summed E-state index contributed by atoms with van der Waals surface area (Å²) < 4.78 is 12.3. The molecule has 4 aliphatic rings. The van der Waals surface area contributed by atoms with Crippen LogP contribution in [0.5, 0.6) is 0 Å². The number of ether oxygens (including phenoxy) is 2. The molecule has 4 aliphatic heterocycles. The molecule has 43 heavy (non-hydrogen) atoms. The van der Waals surface area contributed by atoms with E-state index in [1.54, 1.807) is 33.9 Å². The smallest absolute Gasteiger partial charge is 0.248 e. The number of rotatable bonds is 13. The van der Waals surface area contributed by atoms with Crippen LogP contribution < -0.4 is 0 Å². The molecule has 0 aromatic heterocycles. The first-order chi connectivity index (χ1) is 20.7. The van der Waals surface area contributed by atoms with Gasteiger partial charge in [-0.05, 0) is 31.7 Å². The van der Waals surface area contributed by atoms with E-state index in [2.05, 4.69) is 18.1 Å². The van der Waals surface area contributed by atoms with Crippen molar-refractivity contribution in [2.24, 2.45) is 11.8 Å². The number of benzene rings is 1. The molecule has 1 aromatic carbocycles. The molecule has 1 N–H and O–H groups in total. The summed E-state index contributed by atoms with van der Waals surface area (Å²) in [5, 5.41) is 10.7. The minimum absolute atomic E-state index is 0.186. The molecule has 10 nitrogen and oxygen atoms in total. The van der Waals surface area contributed by atoms with Crippen molar-refractivity contribution in [2.45, 2.75) is 49.5 Å². The predicted molar refractivity (Wildman–Crippen MR) is 162 cm³/mol. The highest BCUT2D eigenvalue weighted by Crippen LogP contribution is 2.63. The van der Waals surface area contributed by atoms with Crippen molar-refractivity contribution in [3.05, 3.63) is 61.2 Å². The molecule has 0 radical (unpaired) electrons. The van der Waals surface area contributed by atoms with Crippen molar-refractivity contribution in [1.29, 1.82) is 0 Å². The van der Waals surface area contributed by atoms with Crippen LogP contribution in [-0.2, 0) is 30.3 Å². The molecule has 0 saturated carbocycles. The maximum absolute atomic E-state index is 14.8. The van der Waals surface area contributed by atoms with Gasteiger partial charge in [0, 0.05) is 46.3 Å². The highest BCUT2D eigenvalue weighted by atomic mass is 16.5. The first-order valence-electron chi connectivity index (χ1n) is 15.4.